The van der Waals surface area contributed by atoms with Gasteiger partial charge in [-0.05, 0) is 12.1 Å². The number of pyridine rings is 1. The van der Waals surface area contributed by atoms with Crippen molar-refractivity contribution in [3.05, 3.63) is 62.1 Å². The van der Waals surface area contributed by atoms with Crippen molar-refractivity contribution in [2.24, 2.45) is 0 Å². The van der Waals surface area contributed by atoms with Gasteiger partial charge in [-0.15, -0.1) is 0 Å². The molecule has 0 atom stereocenters. The van der Waals surface area contributed by atoms with Crippen LogP contribution in [0.15, 0.2) is 30.5 Å². The molecule has 6 nitrogen and oxygen atoms in total. The average molecular weight is 330 g/mol. The standard InChI is InChI=1S/C12H6Cl2FN3O3/c13-8-5-16-11(14)4-7(8)12(19)17-9-3-6(15)1-2-10(9)18(20)21/h1-5H,(H,17,19). The van der Waals surface area contributed by atoms with Gasteiger partial charge in [0, 0.05) is 18.3 Å². The highest BCUT2D eigenvalue weighted by Crippen LogP contribution is 2.26. The third-order valence-electron chi connectivity index (χ3n) is 2.47. The van der Waals surface area contributed by atoms with E-state index in [2.05, 4.69) is 10.3 Å². The van der Waals surface area contributed by atoms with Crippen molar-refractivity contribution < 1.29 is 14.1 Å². The number of carbonyl (C=O) groups excluding carboxylic acids is 1. The van der Waals surface area contributed by atoms with Gasteiger partial charge >= 0.3 is 0 Å². The number of halogens is 3. The zero-order valence-electron chi connectivity index (χ0n) is 10.1. The lowest BCUT2D eigenvalue weighted by Gasteiger charge is -2.07. The molecular weight excluding hydrogens is 324 g/mol. The van der Waals surface area contributed by atoms with E-state index in [1.165, 1.54) is 12.3 Å². The largest absolute Gasteiger partial charge is 0.316 e. The number of nitro benzene ring substituents is 1. The first kappa shape index (κ1) is 15.1. The van der Waals surface area contributed by atoms with Gasteiger partial charge in [0.15, 0.2) is 0 Å². The molecule has 1 N–H and O–H groups in total. The Morgan fingerprint density at radius 3 is 2.71 bits per heavy atom. The number of hydrogen-bond acceptors (Lipinski definition) is 4. The van der Waals surface area contributed by atoms with E-state index in [9.17, 15) is 19.3 Å². The highest BCUT2D eigenvalue weighted by molar-refractivity contribution is 6.35. The van der Waals surface area contributed by atoms with Gasteiger partial charge in [-0.2, -0.15) is 0 Å². The Balaban J connectivity index is 2.38. The second-order valence-corrected chi connectivity index (χ2v) is 4.65. The van der Waals surface area contributed by atoms with Gasteiger partial charge in [0.25, 0.3) is 11.6 Å². The number of amides is 1. The Morgan fingerprint density at radius 1 is 1.33 bits per heavy atom. The normalized spacial score (nSPS) is 10.2. The maximum absolute atomic E-state index is 13.2. The molecule has 1 aromatic heterocycles. The molecule has 0 aliphatic carbocycles. The second kappa shape index (κ2) is 6.02. The number of hydrogen-bond donors (Lipinski definition) is 1. The predicted molar refractivity (Wildman–Crippen MR) is 75.3 cm³/mol. The molecule has 1 heterocycles. The topological polar surface area (TPSA) is 85.1 Å². The third-order valence-corrected chi connectivity index (χ3v) is 2.98. The van der Waals surface area contributed by atoms with Crippen LogP contribution in [0, 0.1) is 15.9 Å². The lowest BCUT2D eigenvalue weighted by Crippen LogP contribution is -2.14. The number of carbonyl (C=O) groups is 1. The molecule has 2 rings (SSSR count). The molecule has 21 heavy (non-hydrogen) atoms. The summed E-state index contributed by atoms with van der Waals surface area (Å²) in [6.45, 7) is 0. The Bertz CT molecular complexity index is 740. The molecule has 0 unspecified atom stereocenters. The molecular formula is C12H6Cl2FN3O3. The molecule has 1 aromatic carbocycles. The van der Waals surface area contributed by atoms with Crippen LogP contribution in [0.2, 0.25) is 10.2 Å². The number of rotatable bonds is 3. The van der Waals surface area contributed by atoms with Crippen LogP contribution in [-0.4, -0.2) is 15.8 Å². The number of benzene rings is 1. The van der Waals surface area contributed by atoms with Crippen LogP contribution in [0.5, 0.6) is 0 Å². The minimum absolute atomic E-state index is 0.0101. The van der Waals surface area contributed by atoms with E-state index in [-0.39, 0.29) is 21.4 Å². The third kappa shape index (κ3) is 3.45. The van der Waals surface area contributed by atoms with Crippen LogP contribution < -0.4 is 5.32 Å². The van der Waals surface area contributed by atoms with Gasteiger partial charge in [0.2, 0.25) is 0 Å². The molecule has 0 radical (unpaired) electrons. The zero-order chi connectivity index (χ0) is 15.6. The average Bonchev–Trinajstić information content (AvgIpc) is 2.41. The Labute approximate surface area is 127 Å². The van der Waals surface area contributed by atoms with Crippen molar-refractivity contribution in [2.75, 3.05) is 5.32 Å². The van der Waals surface area contributed by atoms with Crippen molar-refractivity contribution in [3.63, 3.8) is 0 Å². The van der Waals surface area contributed by atoms with Gasteiger partial charge in [-0.25, -0.2) is 9.37 Å². The lowest BCUT2D eigenvalue weighted by atomic mass is 10.2. The molecule has 0 aliphatic rings. The SMILES string of the molecule is O=C(Nc1cc(F)ccc1[N+](=O)[O-])c1cc(Cl)ncc1Cl. The molecule has 0 spiro atoms. The maximum atomic E-state index is 13.2. The molecule has 108 valence electrons. The predicted octanol–water partition coefficient (Wildman–Crippen LogP) is 3.69. The fraction of sp³-hybridized carbons (Fsp3) is 0. The van der Waals surface area contributed by atoms with Crippen LogP contribution in [0.3, 0.4) is 0 Å². The zero-order valence-corrected chi connectivity index (χ0v) is 11.7. The molecule has 0 saturated carbocycles. The molecule has 9 heteroatoms. The van der Waals surface area contributed by atoms with Crippen molar-refractivity contribution >= 4 is 40.5 Å². The summed E-state index contributed by atoms with van der Waals surface area (Å²) in [5, 5.41) is 13.1. The van der Waals surface area contributed by atoms with Crippen molar-refractivity contribution in [1.29, 1.82) is 0 Å². The first-order valence-corrected chi connectivity index (χ1v) is 6.20. The van der Waals surface area contributed by atoms with Gasteiger partial charge in [-0.1, -0.05) is 23.2 Å². The first-order chi connectivity index (χ1) is 9.88. The number of anilines is 1. The van der Waals surface area contributed by atoms with Crippen LogP contribution in [0.25, 0.3) is 0 Å². The first-order valence-electron chi connectivity index (χ1n) is 5.45. The highest BCUT2D eigenvalue weighted by Gasteiger charge is 2.19. The highest BCUT2D eigenvalue weighted by atomic mass is 35.5. The molecule has 0 aliphatic heterocycles. The van der Waals surface area contributed by atoms with E-state index in [1.54, 1.807) is 0 Å². The van der Waals surface area contributed by atoms with Gasteiger partial charge in [0.05, 0.1) is 15.5 Å². The summed E-state index contributed by atoms with van der Waals surface area (Å²) in [6, 6.07) is 3.91. The van der Waals surface area contributed by atoms with Crippen LogP contribution >= 0.6 is 23.2 Å². The minimum atomic E-state index is -0.766. The summed E-state index contributed by atoms with van der Waals surface area (Å²) in [5.41, 5.74) is -0.759. The molecule has 0 saturated heterocycles. The van der Waals surface area contributed by atoms with Gasteiger partial charge in [-0.3, -0.25) is 14.9 Å². The summed E-state index contributed by atoms with van der Waals surface area (Å²) >= 11 is 11.5. The monoisotopic (exact) mass is 329 g/mol. The van der Waals surface area contributed by atoms with E-state index in [1.807, 2.05) is 0 Å². The fourth-order valence-electron chi connectivity index (χ4n) is 1.54. The molecule has 1 amide bonds. The molecule has 0 bridgehead atoms. The summed E-state index contributed by atoms with van der Waals surface area (Å²) in [4.78, 5) is 25.8. The Morgan fingerprint density at radius 2 is 2.05 bits per heavy atom. The van der Waals surface area contributed by atoms with Crippen LogP contribution in [0.4, 0.5) is 15.8 Å². The Kier molecular flexibility index (Phi) is 4.35. The minimum Gasteiger partial charge on any atom is -0.316 e. The molecule has 2 aromatic rings. The number of nitro groups is 1. The summed E-state index contributed by atoms with van der Waals surface area (Å²) in [5.74, 6) is -1.49. The smallest absolute Gasteiger partial charge is 0.292 e. The second-order valence-electron chi connectivity index (χ2n) is 3.86. The fourth-order valence-corrected chi connectivity index (χ4v) is 1.89. The van der Waals surface area contributed by atoms with Gasteiger partial charge in [0.1, 0.15) is 16.7 Å². The van der Waals surface area contributed by atoms with Crippen LogP contribution in [0.1, 0.15) is 10.4 Å². The maximum Gasteiger partial charge on any atom is 0.292 e. The lowest BCUT2D eigenvalue weighted by molar-refractivity contribution is -0.384. The van der Waals surface area contributed by atoms with Crippen molar-refractivity contribution in [2.45, 2.75) is 0 Å². The summed E-state index contributed by atoms with van der Waals surface area (Å²) in [7, 11) is 0. The molecule has 0 fully saturated rings. The number of aromatic nitrogens is 1. The number of nitrogens with one attached hydrogen (secondary N) is 1. The number of nitrogens with zero attached hydrogens (tertiary/aromatic N) is 2. The van der Waals surface area contributed by atoms with Crippen molar-refractivity contribution in [1.82, 2.24) is 4.98 Å². The van der Waals surface area contributed by atoms with Crippen LogP contribution in [-0.2, 0) is 0 Å². The van der Waals surface area contributed by atoms with Crippen molar-refractivity contribution in [3.8, 4) is 0 Å². The van der Waals surface area contributed by atoms with Gasteiger partial charge < -0.3 is 5.32 Å². The van der Waals surface area contributed by atoms with E-state index < -0.39 is 22.3 Å². The summed E-state index contributed by atoms with van der Waals surface area (Å²) < 4.78 is 13.2. The quantitative estimate of drug-likeness (QED) is 0.528. The van der Waals surface area contributed by atoms with E-state index in [0.29, 0.717) is 0 Å². The summed E-state index contributed by atoms with van der Waals surface area (Å²) in [6.07, 6.45) is 1.17. The Hall–Kier alpha value is -2.25. The van der Waals surface area contributed by atoms with E-state index >= 15 is 0 Å². The van der Waals surface area contributed by atoms with E-state index in [4.69, 9.17) is 23.2 Å². The van der Waals surface area contributed by atoms with E-state index in [0.717, 1.165) is 18.2 Å².